The van der Waals surface area contributed by atoms with Crippen LogP contribution >= 0.6 is 23.2 Å². The van der Waals surface area contributed by atoms with Crippen LogP contribution in [0, 0.1) is 5.92 Å². The first-order valence-corrected chi connectivity index (χ1v) is 15.9. The molecule has 2 heterocycles. The van der Waals surface area contributed by atoms with E-state index >= 15 is 0 Å². The second-order valence-electron chi connectivity index (χ2n) is 12.6. The number of halogens is 2. The van der Waals surface area contributed by atoms with Gasteiger partial charge in [-0.15, -0.1) is 0 Å². The topological polar surface area (TPSA) is 74.7 Å². The lowest BCUT2D eigenvalue weighted by molar-refractivity contribution is -0.145. The van der Waals surface area contributed by atoms with Gasteiger partial charge in [0, 0.05) is 57.7 Å². The summed E-state index contributed by atoms with van der Waals surface area (Å²) in [5.74, 6) is 0.882. The molecule has 1 aliphatic heterocycles. The van der Waals surface area contributed by atoms with Gasteiger partial charge in [0.1, 0.15) is 11.3 Å². The van der Waals surface area contributed by atoms with Crippen LogP contribution in [0.4, 0.5) is 5.69 Å². The van der Waals surface area contributed by atoms with Gasteiger partial charge < -0.3 is 15.2 Å². The molecule has 222 valence electrons. The molecule has 2 atom stereocenters. The van der Waals surface area contributed by atoms with Gasteiger partial charge in [-0.05, 0) is 98.4 Å². The highest BCUT2D eigenvalue weighted by molar-refractivity contribution is 6.31. The maximum Gasteiger partial charge on any atom is 0.329 e. The summed E-state index contributed by atoms with van der Waals surface area (Å²) in [6.45, 7) is 6.77. The first kappa shape index (κ1) is 29.3. The number of rotatable bonds is 8. The fraction of sp³-hybridized carbons (Fsp3) is 0.471. The molecule has 8 heteroatoms. The van der Waals surface area contributed by atoms with Crippen LogP contribution in [-0.2, 0) is 23.3 Å². The Morgan fingerprint density at radius 2 is 1.93 bits per heavy atom. The number of pyridine rings is 1. The molecule has 3 aliphatic rings. The number of carboxylic acids is 1. The number of nitrogens with zero attached hydrogens (tertiary/aromatic N) is 2. The van der Waals surface area contributed by atoms with E-state index in [1.165, 1.54) is 35.2 Å². The molecule has 0 saturated heterocycles. The van der Waals surface area contributed by atoms with E-state index in [9.17, 15) is 9.90 Å². The Labute approximate surface area is 258 Å². The van der Waals surface area contributed by atoms with Crippen LogP contribution in [-0.4, -0.2) is 39.7 Å². The number of anilines is 1. The average Bonchev–Trinajstić information content (AvgIpc) is 3.24. The van der Waals surface area contributed by atoms with Crippen molar-refractivity contribution in [2.75, 3.05) is 18.5 Å². The molecule has 6 nitrogen and oxygen atoms in total. The van der Waals surface area contributed by atoms with Crippen molar-refractivity contribution in [1.82, 2.24) is 9.88 Å². The zero-order valence-electron chi connectivity index (χ0n) is 24.3. The van der Waals surface area contributed by atoms with Crippen molar-refractivity contribution in [1.29, 1.82) is 0 Å². The summed E-state index contributed by atoms with van der Waals surface area (Å²) in [5, 5.41) is 15.1. The summed E-state index contributed by atoms with van der Waals surface area (Å²) in [7, 11) is 0. The van der Waals surface area contributed by atoms with Crippen LogP contribution in [0.25, 0.3) is 0 Å². The van der Waals surface area contributed by atoms with Crippen molar-refractivity contribution in [3.05, 3.63) is 87.2 Å². The predicted octanol–water partition coefficient (Wildman–Crippen LogP) is 8.06. The molecule has 2 aliphatic carbocycles. The third kappa shape index (κ3) is 5.49. The number of aromatic nitrogens is 1. The Balaban J connectivity index is 1.21. The number of benzene rings is 2. The standard InChI is InChI=1S/C34H39Cl2N3O3/c1-22(21-42-30-11-16-37-29-8-3-5-23(2)31(29)30)19-39-20-24-17-26(36)9-10-28(24)34(39)14-12-33(13-15-34,32(40)41)38-27-7-4-6-25(35)18-27/h4,6-7,9-11,16-18,22-23,38H,3,5,8,12-15,19-21H2,1-2H3,(H,40,41)/t22-,23-,33?,34?/m1/s1. The van der Waals surface area contributed by atoms with Gasteiger partial charge in [-0.25, -0.2) is 4.79 Å². The number of nitrogens with one attached hydrogen (secondary N) is 1. The largest absolute Gasteiger partial charge is 0.493 e. The number of hydrogen-bond acceptors (Lipinski definition) is 5. The number of hydrogen-bond donors (Lipinski definition) is 2. The molecule has 1 fully saturated rings. The van der Waals surface area contributed by atoms with Crippen molar-refractivity contribution in [2.45, 2.75) is 82.3 Å². The fourth-order valence-corrected chi connectivity index (χ4v) is 7.94. The number of aliphatic carboxylic acids is 1. The molecule has 0 amide bonds. The lowest BCUT2D eigenvalue weighted by atomic mass is 9.69. The van der Waals surface area contributed by atoms with Gasteiger partial charge in [-0.2, -0.15) is 0 Å². The zero-order chi connectivity index (χ0) is 29.5. The van der Waals surface area contributed by atoms with Crippen molar-refractivity contribution in [3.63, 3.8) is 0 Å². The SMILES string of the molecule is C[C@@H](COc1ccnc2c1[C@H](C)CCC2)CN1Cc2cc(Cl)ccc2C12CCC(Nc1cccc(Cl)c1)(C(=O)O)CC2. The van der Waals surface area contributed by atoms with Gasteiger partial charge in [0.25, 0.3) is 0 Å². The maximum absolute atomic E-state index is 12.7. The predicted molar refractivity (Wildman–Crippen MR) is 168 cm³/mol. The van der Waals surface area contributed by atoms with Gasteiger partial charge in [0.05, 0.1) is 6.61 Å². The van der Waals surface area contributed by atoms with E-state index < -0.39 is 11.5 Å². The highest BCUT2D eigenvalue weighted by atomic mass is 35.5. The molecule has 3 aromatic rings. The monoisotopic (exact) mass is 607 g/mol. The van der Waals surface area contributed by atoms with E-state index in [0.29, 0.717) is 30.4 Å². The molecular formula is C34H39Cl2N3O3. The van der Waals surface area contributed by atoms with E-state index in [0.717, 1.165) is 48.8 Å². The molecular weight excluding hydrogens is 569 g/mol. The van der Waals surface area contributed by atoms with Gasteiger partial charge >= 0.3 is 5.97 Å². The van der Waals surface area contributed by atoms with Gasteiger partial charge in [-0.1, -0.05) is 49.2 Å². The lowest BCUT2D eigenvalue weighted by Gasteiger charge is -2.48. The van der Waals surface area contributed by atoms with Gasteiger partial charge in [0.2, 0.25) is 0 Å². The molecule has 1 spiro atoms. The number of carbonyl (C=O) groups is 1. The average molecular weight is 609 g/mol. The molecule has 0 radical (unpaired) electrons. The number of ether oxygens (including phenoxy) is 1. The molecule has 2 aromatic carbocycles. The molecule has 2 N–H and O–H groups in total. The lowest BCUT2D eigenvalue weighted by Crippen LogP contribution is -2.55. The third-order valence-corrected chi connectivity index (χ3v) is 10.2. The first-order chi connectivity index (χ1) is 20.2. The summed E-state index contributed by atoms with van der Waals surface area (Å²) >= 11 is 12.7. The highest BCUT2D eigenvalue weighted by Crippen LogP contribution is 2.52. The summed E-state index contributed by atoms with van der Waals surface area (Å²) in [6.07, 6.45) is 7.70. The van der Waals surface area contributed by atoms with Crippen LogP contribution in [0.15, 0.2) is 54.7 Å². The third-order valence-electron chi connectivity index (χ3n) is 9.72. The van der Waals surface area contributed by atoms with Crippen LogP contribution in [0.1, 0.15) is 80.7 Å². The molecule has 6 rings (SSSR count). The Hall–Kier alpha value is -2.80. The summed E-state index contributed by atoms with van der Waals surface area (Å²) < 4.78 is 6.47. The summed E-state index contributed by atoms with van der Waals surface area (Å²) in [5.41, 5.74) is 4.41. The Morgan fingerprint density at radius 1 is 1.14 bits per heavy atom. The highest BCUT2D eigenvalue weighted by Gasteiger charge is 2.53. The Kier molecular flexibility index (Phi) is 8.16. The quantitative estimate of drug-likeness (QED) is 0.270. The van der Waals surface area contributed by atoms with Gasteiger partial charge in [-0.3, -0.25) is 9.88 Å². The summed E-state index contributed by atoms with van der Waals surface area (Å²) in [6, 6.07) is 15.5. The van der Waals surface area contributed by atoms with E-state index in [2.05, 4.69) is 41.2 Å². The Bertz CT molecular complexity index is 1470. The maximum atomic E-state index is 12.7. The van der Waals surface area contributed by atoms with E-state index in [4.69, 9.17) is 27.9 Å². The minimum atomic E-state index is -1.05. The number of aryl methyl sites for hydroxylation is 1. The van der Waals surface area contributed by atoms with Crippen molar-refractivity contribution in [2.24, 2.45) is 5.92 Å². The van der Waals surface area contributed by atoms with Crippen molar-refractivity contribution < 1.29 is 14.6 Å². The smallest absolute Gasteiger partial charge is 0.329 e. The van der Waals surface area contributed by atoms with E-state index in [1.54, 1.807) is 12.1 Å². The van der Waals surface area contributed by atoms with Crippen LogP contribution < -0.4 is 10.1 Å². The first-order valence-electron chi connectivity index (χ1n) is 15.1. The second kappa shape index (κ2) is 11.7. The molecule has 42 heavy (non-hydrogen) atoms. The van der Waals surface area contributed by atoms with E-state index in [-0.39, 0.29) is 11.5 Å². The zero-order valence-corrected chi connectivity index (χ0v) is 25.8. The fourth-order valence-electron chi connectivity index (χ4n) is 7.55. The van der Waals surface area contributed by atoms with Crippen LogP contribution in [0.5, 0.6) is 5.75 Å². The minimum absolute atomic E-state index is 0.243. The van der Waals surface area contributed by atoms with Gasteiger partial charge in [0.15, 0.2) is 0 Å². The van der Waals surface area contributed by atoms with Crippen LogP contribution in [0.3, 0.4) is 0 Å². The van der Waals surface area contributed by atoms with Crippen molar-refractivity contribution in [3.8, 4) is 5.75 Å². The summed E-state index contributed by atoms with van der Waals surface area (Å²) in [4.78, 5) is 19.9. The molecule has 1 saturated carbocycles. The second-order valence-corrected chi connectivity index (χ2v) is 13.5. The molecule has 0 bridgehead atoms. The molecule has 1 aromatic heterocycles. The molecule has 0 unspecified atom stereocenters. The van der Waals surface area contributed by atoms with Crippen LogP contribution in [0.2, 0.25) is 10.0 Å². The van der Waals surface area contributed by atoms with E-state index in [1.807, 2.05) is 30.5 Å². The minimum Gasteiger partial charge on any atom is -0.493 e. The number of fused-ring (bicyclic) bond motifs is 3. The van der Waals surface area contributed by atoms with Crippen molar-refractivity contribution >= 4 is 34.9 Å². The number of carboxylic acid groups (broad SMARTS) is 1. The Morgan fingerprint density at radius 3 is 2.69 bits per heavy atom. The normalized spacial score (nSPS) is 26.0.